The summed E-state index contributed by atoms with van der Waals surface area (Å²) >= 11 is 0. The van der Waals surface area contributed by atoms with Crippen molar-refractivity contribution in [1.82, 2.24) is 5.32 Å². The molecule has 0 aliphatic carbocycles. The maximum absolute atomic E-state index is 11.8. The van der Waals surface area contributed by atoms with Gasteiger partial charge in [-0.15, -0.1) is 6.42 Å². The number of nitro benzene ring substituents is 1. The molecular formula is C12H12N2O3. The Labute approximate surface area is 99.0 Å². The average molecular weight is 232 g/mol. The molecule has 1 rings (SSSR count). The van der Waals surface area contributed by atoms with Crippen molar-refractivity contribution in [2.24, 2.45) is 0 Å². The second-order valence-electron chi connectivity index (χ2n) is 3.64. The summed E-state index contributed by atoms with van der Waals surface area (Å²) in [6.07, 6.45) is 5.13. The van der Waals surface area contributed by atoms with Crippen molar-refractivity contribution in [3.63, 3.8) is 0 Å². The van der Waals surface area contributed by atoms with E-state index in [9.17, 15) is 14.9 Å². The summed E-state index contributed by atoms with van der Waals surface area (Å²) in [6.45, 7) is 3.38. The molecule has 0 spiro atoms. The molecule has 1 aromatic rings. The monoisotopic (exact) mass is 232 g/mol. The first kappa shape index (κ1) is 12.7. The predicted molar refractivity (Wildman–Crippen MR) is 63.6 cm³/mol. The number of nitrogens with zero attached hydrogens (tertiary/aromatic N) is 1. The van der Waals surface area contributed by atoms with Crippen molar-refractivity contribution in [3.05, 3.63) is 39.4 Å². The number of aryl methyl sites for hydroxylation is 1. The molecule has 1 aromatic carbocycles. The molecule has 0 saturated heterocycles. The molecule has 1 amide bonds. The number of hydrogen-bond donors (Lipinski definition) is 1. The third kappa shape index (κ3) is 3.05. The van der Waals surface area contributed by atoms with Crippen molar-refractivity contribution in [1.29, 1.82) is 0 Å². The Bertz CT molecular complexity index is 503. The minimum absolute atomic E-state index is 0.0251. The Balaban J connectivity index is 3.12. The molecule has 1 unspecified atom stereocenters. The van der Waals surface area contributed by atoms with Crippen molar-refractivity contribution < 1.29 is 9.72 Å². The van der Waals surface area contributed by atoms with E-state index in [0.29, 0.717) is 0 Å². The van der Waals surface area contributed by atoms with Crippen LogP contribution < -0.4 is 5.32 Å². The van der Waals surface area contributed by atoms with E-state index in [-0.39, 0.29) is 11.3 Å². The van der Waals surface area contributed by atoms with Crippen LogP contribution in [0.3, 0.4) is 0 Å². The van der Waals surface area contributed by atoms with Crippen LogP contribution in [0.1, 0.15) is 22.8 Å². The van der Waals surface area contributed by atoms with E-state index >= 15 is 0 Å². The number of benzene rings is 1. The minimum Gasteiger partial charge on any atom is -0.338 e. The fourth-order valence-corrected chi connectivity index (χ4v) is 1.31. The number of terminal acetylenes is 1. The molecule has 88 valence electrons. The van der Waals surface area contributed by atoms with Crippen LogP contribution in [0.4, 0.5) is 5.69 Å². The van der Waals surface area contributed by atoms with Gasteiger partial charge in [-0.3, -0.25) is 14.9 Å². The maximum Gasteiger partial charge on any atom is 0.282 e. The Morgan fingerprint density at radius 2 is 2.24 bits per heavy atom. The van der Waals surface area contributed by atoms with Crippen LogP contribution >= 0.6 is 0 Å². The van der Waals surface area contributed by atoms with Crippen molar-refractivity contribution >= 4 is 11.6 Å². The largest absolute Gasteiger partial charge is 0.338 e. The highest BCUT2D eigenvalue weighted by Crippen LogP contribution is 2.19. The molecule has 0 fully saturated rings. The molecule has 0 aliphatic heterocycles. The Hall–Kier alpha value is -2.35. The van der Waals surface area contributed by atoms with E-state index in [2.05, 4.69) is 11.2 Å². The lowest BCUT2D eigenvalue weighted by Gasteiger charge is -2.08. The SMILES string of the molecule is C#CC(C)NC(=O)c1cc(C)ccc1[N+](=O)[O-]. The normalized spacial score (nSPS) is 11.4. The fourth-order valence-electron chi connectivity index (χ4n) is 1.31. The molecule has 0 aliphatic rings. The van der Waals surface area contributed by atoms with Gasteiger partial charge in [0.15, 0.2) is 0 Å². The first-order chi connectivity index (χ1) is 7.95. The van der Waals surface area contributed by atoms with Gasteiger partial charge in [0.25, 0.3) is 11.6 Å². The van der Waals surface area contributed by atoms with Gasteiger partial charge in [0.05, 0.1) is 11.0 Å². The number of nitrogens with one attached hydrogen (secondary N) is 1. The van der Waals surface area contributed by atoms with Crippen molar-refractivity contribution in [3.8, 4) is 12.3 Å². The molecule has 0 aromatic heterocycles. The topological polar surface area (TPSA) is 72.2 Å². The smallest absolute Gasteiger partial charge is 0.282 e. The van der Waals surface area contributed by atoms with Crippen LogP contribution in [0.15, 0.2) is 18.2 Å². The maximum atomic E-state index is 11.8. The number of nitro groups is 1. The zero-order chi connectivity index (χ0) is 13.0. The van der Waals surface area contributed by atoms with E-state index < -0.39 is 16.9 Å². The number of amides is 1. The molecule has 5 nitrogen and oxygen atoms in total. The fraction of sp³-hybridized carbons (Fsp3) is 0.250. The second kappa shape index (κ2) is 5.12. The highest BCUT2D eigenvalue weighted by Gasteiger charge is 2.20. The molecule has 0 bridgehead atoms. The predicted octanol–water partition coefficient (Wildman–Crippen LogP) is 1.65. The highest BCUT2D eigenvalue weighted by molar-refractivity contribution is 5.98. The molecular weight excluding hydrogens is 220 g/mol. The summed E-state index contributed by atoms with van der Waals surface area (Å²) in [5.74, 6) is 1.79. The summed E-state index contributed by atoms with van der Waals surface area (Å²) in [6, 6.07) is 3.89. The molecule has 0 heterocycles. The van der Waals surface area contributed by atoms with Gasteiger partial charge < -0.3 is 5.32 Å². The minimum atomic E-state index is -0.588. The Kier molecular flexibility index (Phi) is 3.83. The summed E-state index contributed by atoms with van der Waals surface area (Å²) in [5.41, 5.74) is 0.573. The zero-order valence-electron chi connectivity index (χ0n) is 9.56. The lowest BCUT2D eigenvalue weighted by Crippen LogP contribution is -2.31. The first-order valence-electron chi connectivity index (χ1n) is 4.97. The zero-order valence-corrected chi connectivity index (χ0v) is 9.56. The number of carbonyl (C=O) groups is 1. The van der Waals surface area contributed by atoms with Crippen LogP contribution in [-0.2, 0) is 0 Å². The molecule has 5 heteroatoms. The van der Waals surface area contributed by atoms with Crippen molar-refractivity contribution in [2.45, 2.75) is 19.9 Å². The van der Waals surface area contributed by atoms with Crippen LogP contribution in [0.5, 0.6) is 0 Å². The van der Waals surface area contributed by atoms with Gasteiger partial charge in [-0.25, -0.2) is 0 Å². The summed E-state index contributed by atoms with van der Waals surface area (Å²) in [5, 5.41) is 13.3. The average Bonchev–Trinajstić information content (AvgIpc) is 2.28. The number of hydrogen-bond acceptors (Lipinski definition) is 3. The highest BCUT2D eigenvalue weighted by atomic mass is 16.6. The van der Waals surface area contributed by atoms with Crippen LogP contribution in [0.2, 0.25) is 0 Å². The molecule has 1 atom stereocenters. The van der Waals surface area contributed by atoms with Gasteiger partial charge in [0.1, 0.15) is 5.56 Å². The van der Waals surface area contributed by atoms with Gasteiger partial charge in [0.2, 0.25) is 0 Å². The summed E-state index contributed by atoms with van der Waals surface area (Å²) in [7, 11) is 0. The first-order valence-corrected chi connectivity index (χ1v) is 4.97. The van der Waals surface area contributed by atoms with E-state index in [1.165, 1.54) is 12.1 Å². The van der Waals surface area contributed by atoms with Gasteiger partial charge in [-0.2, -0.15) is 0 Å². The lowest BCUT2D eigenvalue weighted by atomic mass is 10.1. The second-order valence-corrected chi connectivity index (χ2v) is 3.64. The molecule has 1 N–H and O–H groups in total. The van der Waals surface area contributed by atoms with Gasteiger partial charge in [-0.1, -0.05) is 12.0 Å². The van der Waals surface area contributed by atoms with Crippen molar-refractivity contribution in [2.75, 3.05) is 0 Å². The van der Waals surface area contributed by atoms with E-state index in [1.54, 1.807) is 19.9 Å². The summed E-state index contributed by atoms with van der Waals surface area (Å²) < 4.78 is 0. The Morgan fingerprint density at radius 3 is 2.76 bits per heavy atom. The van der Waals surface area contributed by atoms with Crippen LogP contribution in [-0.4, -0.2) is 16.9 Å². The third-order valence-corrected chi connectivity index (χ3v) is 2.19. The van der Waals surface area contributed by atoms with E-state index in [1.807, 2.05) is 0 Å². The number of rotatable bonds is 3. The number of carbonyl (C=O) groups excluding carboxylic acids is 1. The standard InChI is InChI=1S/C12H12N2O3/c1-4-9(3)13-12(15)10-7-8(2)5-6-11(10)14(16)17/h1,5-7,9H,2-3H3,(H,13,15). The molecule has 0 saturated carbocycles. The van der Waals surface area contributed by atoms with Gasteiger partial charge >= 0.3 is 0 Å². The van der Waals surface area contributed by atoms with Gasteiger partial charge in [0, 0.05) is 6.07 Å². The third-order valence-electron chi connectivity index (χ3n) is 2.19. The summed E-state index contributed by atoms with van der Waals surface area (Å²) in [4.78, 5) is 22.0. The Morgan fingerprint density at radius 1 is 1.59 bits per heavy atom. The molecule has 0 radical (unpaired) electrons. The molecule has 17 heavy (non-hydrogen) atoms. The van der Waals surface area contributed by atoms with Crippen LogP contribution in [0.25, 0.3) is 0 Å². The van der Waals surface area contributed by atoms with Crippen LogP contribution in [0, 0.1) is 29.4 Å². The van der Waals surface area contributed by atoms with E-state index in [4.69, 9.17) is 6.42 Å². The van der Waals surface area contributed by atoms with E-state index in [0.717, 1.165) is 5.56 Å². The quantitative estimate of drug-likeness (QED) is 0.489. The van der Waals surface area contributed by atoms with Gasteiger partial charge in [-0.05, 0) is 25.5 Å². The lowest BCUT2D eigenvalue weighted by molar-refractivity contribution is -0.385.